The summed E-state index contributed by atoms with van der Waals surface area (Å²) in [5.41, 5.74) is 4.93. The molecule has 0 N–H and O–H groups in total. The maximum absolute atomic E-state index is 5.00. The summed E-state index contributed by atoms with van der Waals surface area (Å²) in [6, 6.07) is 21.5. The average Bonchev–Trinajstić information content (AvgIpc) is 2.67. The van der Waals surface area contributed by atoms with Gasteiger partial charge in [-0.25, -0.2) is 0 Å². The van der Waals surface area contributed by atoms with E-state index in [4.69, 9.17) is 4.98 Å². The lowest BCUT2D eigenvalue weighted by Gasteiger charge is -2.11. The third-order valence-electron chi connectivity index (χ3n) is 4.90. The molecular formula is C24H29N. The summed E-state index contributed by atoms with van der Waals surface area (Å²) in [6.45, 7) is 2.27. The van der Waals surface area contributed by atoms with Crippen LogP contribution in [0.4, 0.5) is 0 Å². The van der Waals surface area contributed by atoms with Crippen molar-refractivity contribution >= 4 is 10.9 Å². The summed E-state index contributed by atoms with van der Waals surface area (Å²) in [6.07, 6.45) is 10.4. The summed E-state index contributed by atoms with van der Waals surface area (Å²) in [4.78, 5) is 5.00. The zero-order valence-electron chi connectivity index (χ0n) is 15.4. The Balaban J connectivity index is 1.73. The highest BCUT2D eigenvalue weighted by Crippen LogP contribution is 2.27. The van der Waals surface area contributed by atoms with Crippen molar-refractivity contribution in [3.05, 3.63) is 66.4 Å². The zero-order chi connectivity index (χ0) is 17.3. The van der Waals surface area contributed by atoms with Gasteiger partial charge < -0.3 is 0 Å². The van der Waals surface area contributed by atoms with Gasteiger partial charge in [-0.1, -0.05) is 94.0 Å². The minimum atomic E-state index is 1.07. The summed E-state index contributed by atoms with van der Waals surface area (Å²) < 4.78 is 0. The number of hydrogen-bond donors (Lipinski definition) is 0. The molecule has 1 heteroatoms. The predicted octanol–water partition coefficient (Wildman–Crippen LogP) is 7.19. The molecule has 0 amide bonds. The number of fused-ring (bicyclic) bond motifs is 1. The van der Waals surface area contributed by atoms with Crippen LogP contribution in [0.2, 0.25) is 0 Å². The molecule has 0 spiro atoms. The van der Waals surface area contributed by atoms with Crippen molar-refractivity contribution in [2.24, 2.45) is 0 Å². The molecule has 25 heavy (non-hydrogen) atoms. The van der Waals surface area contributed by atoms with E-state index in [1.807, 2.05) is 0 Å². The minimum absolute atomic E-state index is 1.07. The Hall–Kier alpha value is -2.15. The molecule has 1 nitrogen and oxygen atoms in total. The first-order chi connectivity index (χ1) is 12.4. The molecule has 1 heterocycles. The summed E-state index contributed by atoms with van der Waals surface area (Å²) in [5.74, 6) is 0. The van der Waals surface area contributed by atoms with Crippen molar-refractivity contribution in [1.82, 2.24) is 4.98 Å². The van der Waals surface area contributed by atoms with E-state index >= 15 is 0 Å². The predicted molar refractivity (Wildman–Crippen MR) is 109 cm³/mol. The fourth-order valence-electron chi connectivity index (χ4n) is 3.46. The van der Waals surface area contributed by atoms with Gasteiger partial charge >= 0.3 is 0 Å². The number of aromatic nitrogens is 1. The van der Waals surface area contributed by atoms with E-state index in [1.54, 1.807) is 0 Å². The highest BCUT2D eigenvalue weighted by Gasteiger charge is 2.09. The van der Waals surface area contributed by atoms with Gasteiger partial charge in [-0.2, -0.15) is 0 Å². The lowest BCUT2D eigenvalue weighted by atomic mass is 9.98. The number of hydrogen-bond acceptors (Lipinski definition) is 1. The smallest absolute Gasteiger partial charge is 0.0705 e. The fourth-order valence-corrected chi connectivity index (χ4v) is 3.46. The van der Waals surface area contributed by atoms with Crippen LogP contribution in [0.25, 0.3) is 22.0 Å². The van der Waals surface area contributed by atoms with E-state index in [9.17, 15) is 0 Å². The summed E-state index contributed by atoms with van der Waals surface area (Å²) in [7, 11) is 0. The second-order valence-corrected chi connectivity index (χ2v) is 6.91. The Kier molecular flexibility index (Phi) is 6.62. The van der Waals surface area contributed by atoms with E-state index in [2.05, 4.69) is 67.6 Å². The van der Waals surface area contributed by atoms with Crippen molar-refractivity contribution in [1.29, 1.82) is 0 Å². The molecule has 0 aliphatic carbocycles. The summed E-state index contributed by atoms with van der Waals surface area (Å²) in [5, 5.41) is 1.23. The highest BCUT2D eigenvalue weighted by atomic mass is 14.7. The van der Waals surface area contributed by atoms with Gasteiger partial charge in [-0.3, -0.25) is 4.98 Å². The van der Waals surface area contributed by atoms with Gasteiger partial charge in [0.15, 0.2) is 0 Å². The van der Waals surface area contributed by atoms with Gasteiger partial charge in [-0.05, 0) is 30.5 Å². The van der Waals surface area contributed by atoms with E-state index in [0.29, 0.717) is 0 Å². The van der Waals surface area contributed by atoms with Gasteiger partial charge in [0.2, 0.25) is 0 Å². The molecule has 1 aromatic heterocycles. The van der Waals surface area contributed by atoms with Crippen molar-refractivity contribution in [2.75, 3.05) is 0 Å². The molecule has 2 aromatic carbocycles. The molecule has 130 valence electrons. The molecule has 3 aromatic rings. The van der Waals surface area contributed by atoms with Crippen molar-refractivity contribution in [2.45, 2.75) is 58.3 Å². The molecule has 0 radical (unpaired) electrons. The van der Waals surface area contributed by atoms with Gasteiger partial charge in [-0.15, -0.1) is 0 Å². The fraction of sp³-hybridized carbons (Fsp3) is 0.375. The van der Waals surface area contributed by atoms with Crippen LogP contribution >= 0.6 is 0 Å². The normalized spacial score (nSPS) is 11.1. The first kappa shape index (κ1) is 17.7. The number of benzene rings is 2. The Bertz CT molecular complexity index is 776. The minimum Gasteiger partial charge on any atom is -0.252 e. The van der Waals surface area contributed by atoms with E-state index in [0.717, 1.165) is 11.9 Å². The van der Waals surface area contributed by atoms with Gasteiger partial charge in [0, 0.05) is 16.6 Å². The Morgan fingerprint density at radius 1 is 0.720 bits per heavy atom. The molecule has 0 unspecified atom stereocenters. The molecule has 3 rings (SSSR count). The maximum Gasteiger partial charge on any atom is 0.0705 e. The number of aryl methyl sites for hydroxylation is 1. The largest absolute Gasteiger partial charge is 0.252 e. The standard InChI is InChI=1S/C24H29N/c1-2-3-4-5-6-7-11-18-24-22(20-14-9-8-10-15-20)19-21-16-12-13-17-23(21)25-24/h8-10,12-17,19H,2-7,11,18H2,1H3. The Morgan fingerprint density at radius 2 is 1.40 bits per heavy atom. The molecule has 0 atom stereocenters. The second-order valence-electron chi connectivity index (χ2n) is 6.91. The molecule has 0 fully saturated rings. The lowest BCUT2D eigenvalue weighted by molar-refractivity contribution is 0.588. The lowest BCUT2D eigenvalue weighted by Crippen LogP contribution is -1.96. The number of nitrogens with zero attached hydrogens (tertiary/aromatic N) is 1. The van der Waals surface area contributed by atoms with Gasteiger partial charge in [0.1, 0.15) is 0 Å². The third-order valence-corrected chi connectivity index (χ3v) is 4.90. The van der Waals surface area contributed by atoms with E-state index in [1.165, 1.54) is 67.2 Å². The molecule has 0 bridgehead atoms. The van der Waals surface area contributed by atoms with Crippen LogP contribution in [-0.4, -0.2) is 4.98 Å². The topological polar surface area (TPSA) is 12.9 Å². The van der Waals surface area contributed by atoms with Crippen LogP contribution in [0.5, 0.6) is 0 Å². The van der Waals surface area contributed by atoms with Crippen LogP contribution in [0, 0.1) is 0 Å². The SMILES string of the molecule is CCCCCCCCCc1nc2ccccc2cc1-c1ccccc1. The van der Waals surface area contributed by atoms with Gasteiger partial charge in [0.25, 0.3) is 0 Å². The van der Waals surface area contributed by atoms with Crippen LogP contribution in [0.1, 0.15) is 57.6 Å². The van der Waals surface area contributed by atoms with Crippen LogP contribution < -0.4 is 0 Å². The van der Waals surface area contributed by atoms with E-state index < -0.39 is 0 Å². The summed E-state index contributed by atoms with van der Waals surface area (Å²) >= 11 is 0. The van der Waals surface area contributed by atoms with Gasteiger partial charge in [0.05, 0.1) is 5.52 Å². The molecule has 0 saturated carbocycles. The second kappa shape index (κ2) is 9.36. The average molecular weight is 332 g/mol. The molecular weight excluding hydrogens is 302 g/mol. The number of unbranched alkanes of at least 4 members (excludes halogenated alkanes) is 6. The van der Waals surface area contributed by atoms with Crippen LogP contribution in [0.3, 0.4) is 0 Å². The first-order valence-electron chi connectivity index (χ1n) is 9.82. The quantitative estimate of drug-likeness (QED) is 0.378. The molecule has 0 aliphatic rings. The van der Waals surface area contributed by atoms with E-state index in [-0.39, 0.29) is 0 Å². The number of rotatable bonds is 9. The Morgan fingerprint density at radius 3 is 2.20 bits per heavy atom. The highest BCUT2D eigenvalue weighted by molar-refractivity contribution is 5.84. The third kappa shape index (κ3) is 4.92. The molecule has 0 saturated heterocycles. The van der Waals surface area contributed by atoms with Crippen LogP contribution in [0.15, 0.2) is 60.7 Å². The Labute approximate surface area is 152 Å². The van der Waals surface area contributed by atoms with Crippen molar-refractivity contribution < 1.29 is 0 Å². The van der Waals surface area contributed by atoms with Crippen molar-refractivity contribution in [3.63, 3.8) is 0 Å². The maximum atomic E-state index is 5.00. The monoisotopic (exact) mass is 331 g/mol. The molecule has 0 aliphatic heterocycles. The first-order valence-corrected chi connectivity index (χ1v) is 9.82. The number of pyridine rings is 1. The van der Waals surface area contributed by atoms with Crippen molar-refractivity contribution in [3.8, 4) is 11.1 Å². The number of para-hydroxylation sites is 1. The zero-order valence-corrected chi connectivity index (χ0v) is 15.4. The van der Waals surface area contributed by atoms with Crippen LogP contribution in [-0.2, 0) is 6.42 Å².